The van der Waals surface area contributed by atoms with Gasteiger partial charge in [-0.25, -0.2) is 4.39 Å². The van der Waals surface area contributed by atoms with Gasteiger partial charge in [0.2, 0.25) is 0 Å². The van der Waals surface area contributed by atoms with E-state index in [1.165, 1.54) is 24.3 Å². The largest absolute Gasteiger partial charge is 0.387 e. The maximum absolute atomic E-state index is 12.9. The topological polar surface area (TPSA) is 67.2 Å². The monoisotopic (exact) mass is 333 g/mol. The average molecular weight is 333 g/mol. The Morgan fingerprint density at radius 1 is 1.29 bits per heavy atom. The number of carbonyl (C=O) groups excluding carboxylic acids is 1. The predicted molar refractivity (Wildman–Crippen MR) is 90.3 cm³/mol. The van der Waals surface area contributed by atoms with Crippen LogP contribution in [0.3, 0.4) is 0 Å². The third-order valence-corrected chi connectivity index (χ3v) is 4.15. The van der Waals surface area contributed by atoms with Crippen molar-refractivity contribution in [3.63, 3.8) is 0 Å². The summed E-state index contributed by atoms with van der Waals surface area (Å²) in [4.78, 5) is 12.2. The average Bonchev–Trinajstić information content (AvgIpc) is 2.96. The molecular weight excluding hydrogens is 309 g/mol. The van der Waals surface area contributed by atoms with Gasteiger partial charge in [-0.05, 0) is 43.5 Å². The summed E-state index contributed by atoms with van der Waals surface area (Å²) in [5, 5.41) is 17.1. The molecule has 1 heterocycles. The van der Waals surface area contributed by atoms with Crippen molar-refractivity contribution in [1.82, 2.24) is 15.1 Å². The van der Waals surface area contributed by atoms with E-state index >= 15 is 0 Å². The van der Waals surface area contributed by atoms with E-state index in [1.54, 1.807) is 6.07 Å². The summed E-state index contributed by atoms with van der Waals surface area (Å²) in [5.74, 6) is -0.693. The van der Waals surface area contributed by atoms with Crippen LogP contribution < -0.4 is 5.32 Å². The lowest BCUT2D eigenvalue weighted by Crippen LogP contribution is -2.29. The number of nitrogens with one attached hydrogen (secondary N) is 1. The number of amides is 1. The van der Waals surface area contributed by atoms with Crippen molar-refractivity contribution >= 4 is 5.91 Å². The molecule has 130 valence electrons. The van der Waals surface area contributed by atoms with Crippen LogP contribution in [0.25, 0.3) is 0 Å². The minimum absolute atomic E-state index is 0.0430. The van der Waals surface area contributed by atoms with Crippen molar-refractivity contribution in [3.8, 4) is 0 Å². The van der Waals surface area contributed by atoms with E-state index in [4.69, 9.17) is 0 Å². The molecule has 0 radical (unpaired) electrons. The van der Waals surface area contributed by atoms with Crippen LogP contribution in [0.4, 0.5) is 4.39 Å². The number of aryl methyl sites for hydroxylation is 1. The van der Waals surface area contributed by atoms with Crippen LogP contribution in [-0.2, 0) is 0 Å². The molecule has 1 aromatic heterocycles. The Morgan fingerprint density at radius 2 is 1.92 bits per heavy atom. The van der Waals surface area contributed by atoms with Crippen molar-refractivity contribution in [2.75, 3.05) is 6.54 Å². The lowest BCUT2D eigenvalue weighted by molar-refractivity contribution is 0.0910. The van der Waals surface area contributed by atoms with Gasteiger partial charge in [0.1, 0.15) is 11.5 Å². The lowest BCUT2D eigenvalue weighted by atomic mass is 10.1. The van der Waals surface area contributed by atoms with Crippen molar-refractivity contribution in [2.24, 2.45) is 0 Å². The number of hydrogen-bond acceptors (Lipinski definition) is 3. The molecule has 1 aromatic carbocycles. The van der Waals surface area contributed by atoms with Crippen molar-refractivity contribution < 1.29 is 14.3 Å². The smallest absolute Gasteiger partial charge is 0.271 e. The Labute approximate surface area is 141 Å². The minimum atomic E-state index is -0.892. The van der Waals surface area contributed by atoms with Gasteiger partial charge in [-0.1, -0.05) is 26.0 Å². The molecule has 2 rings (SSSR count). The first-order valence-electron chi connectivity index (χ1n) is 8.24. The molecule has 2 N–H and O–H groups in total. The molecule has 0 aliphatic heterocycles. The number of benzene rings is 1. The number of nitrogens with zero attached hydrogens (tertiary/aromatic N) is 2. The Morgan fingerprint density at radius 3 is 2.50 bits per heavy atom. The van der Waals surface area contributed by atoms with Gasteiger partial charge in [0.05, 0.1) is 12.1 Å². The number of aromatic nitrogens is 2. The second-order valence-corrected chi connectivity index (χ2v) is 5.86. The summed E-state index contributed by atoms with van der Waals surface area (Å²) in [6.45, 7) is 6.15. The van der Waals surface area contributed by atoms with E-state index in [0.717, 1.165) is 18.5 Å². The van der Waals surface area contributed by atoms with Crippen molar-refractivity contribution in [3.05, 3.63) is 53.1 Å². The van der Waals surface area contributed by atoms with Gasteiger partial charge in [0.15, 0.2) is 0 Å². The number of aliphatic hydroxyl groups is 1. The first-order valence-corrected chi connectivity index (χ1v) is 8.24. The number of rotatable bonds is 7. The molecular formula is C18H24FN3O2. The molecule has 0 saturated heterocycles. The SMILES string of the molecule is CCC(CC)n1nc(C(=O)NCC(O)c2ccc(F)cc2)cc1C. The molecule has 0 aliphatic rings. The number of hydrogen-bond donors (Lipinski definition) is 2. The Kier molecular flexibility index (Phi) is 6.09. The summed E-state index contributed by atoms with van der Waals surface area (Å²) in [6, 6.07) is 7.58. The highest BCUT2D eigenvalue weighted by Crippen LogP contribution is 2.18. The molecule has 0 aliphatic carbocycles. The predicted octanol–water partition coefficient (Wildman–Crippen LogP) is 3.16. The van der Waals surface area contributed by atoms with Gasteiger partial charge < -0.3 is 10.4 Å². The van der Waals surface area contributed by atoms with E-state index in [2.05, 4.69) is 24.3 Å². The molecule has 5 nitrogen and oxygen atoms in total. The van der Waals surface area contributed by atoms with Gasteiger partial charge in [-0.2, -0.15) is 5.10 Å². The fourth-order valence-corrected chi connectivity index (χ4v) is 2.69. The van der Waals surface area contributed by atoms with Crippen LogP contribution in [0.1, 0.15) is 60.6 Å². The third-order valence-electron chi connectivity index (χ3n) is 4.15. The normalized spacial score (nSPS) is 12.4. The number of aliphatic hydroxyl groups excluding tert-OH is 1. The maximum atomic E-state index is 12.9. The highest BCUT2D eigenvalue weighted by atomic mass is 19.1. The molecule has 24 heavy (non-hydrogen) atoms. The van der Waals surface area contributed by atoms with Crippen LogP contribution >= 0.6 is 0 Å². The summed E-state index contributed by atoms with van der Waals surface area (Å²) in [7, 11) is 0. The Hall–Kier alpha value is -2.21. The molecule has 1 unspecified atom stereocenters. The first-order chi connectivity index (χ1) is 11.5. The zero-order valence-electron chi connectivity index (χ0n) is 14.3. The van der Waals surface area contributed by atoms with Crippen LogP contribution in [0.15, 0.2) is 30.3 Å². The summed E-state index contributed by atoms with van der Waals surface area (Å²) in [5.41, 5.74) is 1.83. The van der Waals surface area contributed by atoms with Crippen LogP contribution in [0, 0.1) is 12.7 Å². The van der Waals surface area contributed by atoms with E-state index in [1.807, 2.05) is 11.6 Å². The minimum Gasteiger partial charge on any atom is -0.387 e. The highest BCUT2D eigenvalue weighted by Gasteiger charge is 2.17. The van der Waals surface area contributed by atoms with E-state index in [9.17, 15) is 14.3 Å². The van der Waals surface area contributed by atoms with E-state index in [-0.39, 0.29) is 24.3 Å². The second kappa shape index (κ2) is 8.06. The van der Waals surface area contributed by atoms with Crippen molar-refractivity contribution in [2.45, 2.75) is 45.8 Å². The summed E-state index contributed by atoms with van der Waals surface area (Å²) >= 11 is 0. The van der Waals surface area contributed by atoms with Gasteiger partial charge >= 0.3 is 0 Å². The van der Waals surface area contributed by atoms with E-state index < -0.39 is 6.10 Å². The molecule has 2 aromatic rings. The standard InChI is InChI=1S/C18H24FN3O2/c1-4-15(5-2)22-12(3)10-16(21-22)18(24)20-11-17(23)13-6-8-14(19)9-7-13/h6-10,15,17,23H,4-5,11H2,1-3H3,(H,20,24). The summed E-state index contributed by atoms with van der Waals surface area (Å²) < 4.78 is 14.8. The zero-order chi connectivity index (χ0) is 17.7. The molecule has 1 atom stereocenters. The molecule has 0 bridgehead atoms. The van der Waals surface area contributed by atoms with Crippen LogP contribution in [0.2, 0.25) is 0 Å². The van der Waals surface area contributed by atoms with Gasteiger partial charge in [0.25, 0.3) is 5.91 Å². The summed E-state index contributed by atoms with van der Waals surface area (Å²) in [6.07, 6.45) is 1.00. The molecule has 6 heteroatoms. The first kappa shape index (κ1) is 18.1. The maximum Gasteiger partial charge on any atom is 0.271 e. The van der Waals surface area contributed by atoms with Gasteiger partial charge in [-0.15, -0.1) is 0 Å². The third kappa shape index (κ3) is 4.20. The fourth-order valence-electron chi connectivity index (χ4n) is 2.69. The quantitative estimate of drug-likeness (QED) is 0.818. The van der Waals surface area contributed by atoms with Gasteiger partial charge in [-0.3, -0.25) is 9.48 Å². The van der Waals surface area contributed by atoms with Crippen molar-refractivity contribution in [1.29, 1.82) is 0 Å². The molecule has 1 amide bonds. The highest BCUT2D eigenvalue weighted by molar-refractivity contribution is 5.92. The number of carbonyl (C=O) groups is 1. The fraction of sp³-hybridized carbons (Fsp3) is 0.444. The molecule has 0 spiro atoms. The molecule has 0 saturated carbocycles. The van der Waals surface area contributed by atoms with Crippen LogP contribution in [-0.4, -0.2) is 27.3 Å². The zero-order valence-corrected chi connectivity index (χ0v) is 14.3. The second-order valence-electron chi connectivity index (χ2n) is 5.86. The lowest BCUT2D eigenvalue weighted by Gasteiger charge is -2.15. The van der Waals surface area contributed by atoms with E-state index in [0.29, 0.717) is 11.3 Å². The van der Waals surface area contributed by atoms with Gasteiger partial charge in [0, 0.05) is 12.2 Å². The number of halogens is 1. The molecule has 0 fully saturated rings. The van der Waals surface area contributed by atoms with Crippen LogP contribution in [0.5, 0.6) is 0 Å². The Bertz CT molecular complexity index is 678. The Balaban J connectivity index is 2.00.